The summed E-state index contributed by atoms with van der Waals surface area (Å²) in [5, 5.41) is 11.1. The van der Waals surface area contributed by atoms with E-state index in [1.165, 1.54) is 6.33 Å². The highest BCUT2D eigenvalue weighted by molar-refractivity contribution is 5.84. The zero-order valence-electron chi connectivity index (χ0n) is 10.2. The minimum Gasteiger partial charge on any atom is -0.342 e. The Morgan fingerprint density at radius 1 is 1.47 bits per heavy atom. The molecule has 0 aliphatic carbocycles. The van der Waals surface area contributed by atoms with Gasteiger partial charge in [0.05, 0.1) is 11.5 Å². The molecule has 2 rings (SSSR count). The number of nitrogen functional groups attached to an aromatic ring is 1. The van der Waals surface area contributed by atoms with Crippen molar-refractivity contribution in [3.63, 3.8) is 0 Å². The molecule has 0 spiro atoms. The normalized spacial score (nSPS) is 15.6. The maximum atomic E-state index is 11.6. The Hall–Kier alpha value is -2.49. The summed E-state index contributed by atoms with van der Waals surface area (Å²) in [6.45, 7) is 0.980. The number of nitrogens with zero attached hydrogens (tertiary/aromatic N) is 5. The molecular formula is C9H13N7O3. The van der Waals surface area contributed by atoms with Crippen LogP contribution in [0.15, 0.2) is 6.33 Å². The number of aromatic nitrogens is 2. The Balaban J connectivity index is 2.39. The number of carbonyl (C=O) groups excluding carboxylic acids is 1. The summed E-state index contributed by atoms with van der Waals surface area (Å²) in [7, 11) is 1.68. The van der Waals surface area contributed by atoms with Gasteiger partial charge in [0.25, 0.3) is 0 Å². The Bertz CT molecular complexity index is 521. The molecular weight excluding hydrogens is 254 g/mol. The SMILES string of the molecule is CN1CCN(c2ncnc(NN)c2[N+](=O)[O-])CC1=O. The summed E-state index contributed by atoms with van der Waals surface area (Å²) in [6.07, 6.45) is 1.17. The third-order valence-corrected chi connectivity index (χ3v) is 2.88. The molecule has 10 heteroatoms. The van der Waals surface area contributed by atoms with Crippen molar-refractivity contribution in [3.8, 4) is 0 Å². The smallest absolute Gasteiger partial charge is 0.342 e. The monoisotopic (exact) mass is 267 g/mol. The number of likely N-dealkylation sites (N-methyl/N-ethyl adjacent to an activating group) is 1. The molecule has 2 heterocycles. The molecule has 0 saturated carbocycles. The fraction of sp³-hybridized carbons (Fsp3) is 0.444. The molecule has 1 fully saturated rings. The lowest BCUT2D eigenvalue weighted by Crippen LogP contribution is -2.49. The molecule has 0 atom stereocenters. The Morgan fingerprint density at radius 3 is 2.79 bits per heavy atom. The van der Waals surface area contributed by atoms with Crippen LogP contribution in [-0.4, -0.2) is 52.4 Å². The Kier molecular flexibility index (Phi) is 3.42. The number of nitro groups is 1. The number of amides is 1. The molecule has 0 radical (unpaired) electrons. The first-order valence-electron chi connectivity index (χ1n) is 5.49. The predicted octanol–water partition coefficient (Wildman–Crippen LogP) is -1.05. The molecule has 1 aliphatic rings. The van der Waals surface area contributed by atoms with E-state index in [0.29, 0.717) is 13.1 Å². The topological polar surface area (TPSA) is 131 Å². The number of hydrogen-bond acceptors (Lipinski definition) is 8. The van der Waals surface area contributed by atoms with E-state index in [0.717, 1.165) is 0 Å². The third kappa shape index (κ3) is 2.38. The maximum Gasteiger partial charge on any atom is 0.354 e. The van der Waals surface area contributed by atoms with E-state index < -0.39 is 4.92 Å². The van der Waals surface area contributed by atoms with Crippen LogP contribution < -0.4 is 16.2 Å². The zero-order valence-corrected chi connectivity index (χ0v) is 10.2. The zero-order chi connectivity index (χ0) is 14.0. The molecule has 1 saturated heterocycles. The molecule has 3 N–H and O–H groups in total. The van der Waals surface area contributed by atoms with Crippen LogP contribution in [0.2, 0.25) is 0 Å². The minimum atomic E-state index is -0.618. The molecule has 19 heavy (non-hydrogen) atoms. The standard InChI is InChI=1S/C9H13N7O3/c1-14-2-3-15(4-6(14)17)9-7(16(18)19)8(13-10)11-5-12-9/h5H,2-4,10H2,1H3,(H,11,12,13). The van der Waals surface area contributed by atoms with Crippen molar-refractivity contribution in [2.24, 2.45) is 5.84 Å². The summed E-state index contributed by atoms with van der Waals surface area (Å²) in [4.78, 5) is 32.8. The van der Waals surface area contributed by atoms with Gasteiger partial charge in [0, 0.05) is 20.1 Å². The third-order valence-electron chi connectivity index (χ3n) is 2.88. The summed E-state index contributed by atoms with van der Waals surface area (Å²) in [6, 6.07) is 0. The number of nitrogens with one attached hydrogen (secondary N) is 1. The molecule has 0 aromatic carbocycles. The van der Waals surface area contributed by atoms with Gasteiger partial charge in [-0.05, 0) is 0 Å². The first-order chi connectivity index (χ1) is 9.04. The Morgan fingerprint density at radius 2 is 2.21 bits per heavy atom. The van der Waals surface area contributed by atoms with Crippen LogP contribution in [0.25, 0.3) is 0 Å². The van der Waals surface area contributed by atoms with Crippen LogP contribution in [0.3, 0.4) is 0 Å². The van der Waals surface area contributed by atoms with E-state index in [1.807, 2.05) is 0 Å². The van der Waals surface area contributed by atoms with Crippen LogP contribution in [0.5, 0.6) is 0 Å². The molecule has 0 bridgehead atoms. The van der Waals surface area contributed by atoms with Crippen molar-refractivity contribution >= 4 is 23.2 Å². The van der Waals surface area contributed by atoms with Gasteiger partial charge in [-0.2, -0.15) is 0 Å². The van der Waals surface area contributed by atoms with Crippen molar-refractivity contribution in [2.75, 3.05) is 37.0 Å². The molecule has 0 unspecified atom stereocenters. The fourth-order valence-corrected chi connectivity index (χ4v) is 1.81. The van der Waals surface area contributed by atoms with E-state index in [2.05, 4.69) is 15.4 Å². The number of nitrogens with two attached hydrogens (primary N) is 1. The van der Waals surface area contributed by atoms with Crippen molar-refractivity contribution < 1.29 is 9.72 Å². The second-order valence-electron chi connectivity index (χ2n) is 4.03. The van der Waals surface area contributed by atoms with Gasteiger partial charge < -0.3 is 15.2 Å². The fourth-order valence-electron chi connectivity index (χ4n) is 1.81. The molecule has 102 valence electrons. The average molecular weight is 267 g/mol. The van der Waals surface area contributed by atoms with Crippen LogP contribution >= 0.6 is 0 Å². The highest BCUT2D eigenvalue weighted by atomic mass is 16.6. The number of piperazine rings is 1. The predicted molar refractivity (Wildman–Crippen MR) is 66.3 cm³/mol. The highest BCUT2D eigenvalue weighted by Crippen LogP contribution is 2.31. The lowest BCUT2D eigenvalue weighted by molar-refractivity contribution is -0.383. The quantitative estimate of drug-likeness (QED) is 0.403. The van der Waals surface area contributed by atoms with E-state index in [4.69, 9.17) is 5.84 Å². The molecule has 1 aliphatic heterocycles. The maximum absolute atomic E-state index is 11.6. The van der Waals surface area contributed by atoms with E-state index in [1.54, 1.807) is 16.8 Å². The summed E-state index contributed by atoms with van der Waals surface area (Å²) >= 11 is 0. The van der Waals surface area contributed by atoms with Crippen LogP contribution in [-0.2, 0) is 4.79 Å². The van der Waals surface area contributed by atoms with Crippen molar-refractivity contribution in [3.05, 3.63) is 16.4 Å². The summed E-state index contributed by atoms with van der Waals surface area (Å²) < 4.78 is 0. The molecule has 1 amide bonds. The number of anilines is 2. The summed E-state index contributed by atoms with van der Waals surface area (Å²) in [5.41, 5.74) is 1.83. The van der Waals surface area contributed by atoms with E-state index in [-0.39, 0.29) is 29.8 Å². The van der Waals surface area contributed by atoms with Crippen LogP contribution in [0.1, 0.15) is 0 Å². The van der Waals surface area contributed by atoms with E-state index >= 15 is 0 Å². The van der Waals surface area contributed by atoms with Gasteiger partial charge in [-0.1, -0.05) is 0 Å². The first-order valence-corrected chi connectivity index (χ1v) is 5.49. The number of carbonyl (C=O) groups is 1. The van der Waals surface area contributed by atoms with Gasteiger partial charge in [-0.3, -0.25) is 14.9 Å². The molecule has 1 aromatic heterocycles. The van der Waals surface area contributed by atoms with Crippen molar-refractivity contribution in [1.82, 2.24) is 14.9 Å². The number of hydrogen-bond donors (Lipinski definition) is 2. The van der Waals surface area contributed by atoms with Gasteiger partial charge in [0.1, 0.15) is 6.33 Å². The van der Waals surface area contributed by atoms with Crippen molar-refractivity contribution in [1.29, 1.82) is 0 Å². The Labute approximate surface area is 108 Å². The lowest BCUT2D eigenvalue weighted by Gasteiger charge is -2.32. The van der Waals surface area contributed by atoms with Crippen LogP contribution in [0, 0.1) is 10.1 Å². The van der Waals surface area contributed by atoms with Gasteiger partial charge in [0.2, 0.25) is 17.5 Å². The molecule has 1 aromatic rings. The lowest BCUT2D eigenvalue weighted by atomic mass is 10.3. The second kappa shape index (κ2) is 5.02. The van der Waals surface area contributed by atoms with Gasteiger partial charge in [-0.25, -0.2) is 15.8 Å². The number of hydrazine groups is 1. The van der Waals surface area contributed by atoms with Crippen molar-refractivity contribution in [2.45, 2.75) is 0 Å². The minimum absolute atomic E-state index is 0.0400. The van der Waals surface area contributed by atoms with E-state index in [9.17, 15) is 14.9 Å². The average Bonchev–Trinajstić information content (AvgIpc) is 2.40. The largest absolute Gasteiger partial charge is 0.354 e. The first kappa shape index (κ1) is 13.0. The highest BCUT2D eigenvalue weighted by Gasteiger charge is 2.30. The second-order valence-corrected chi connectivity index (χ2v) is 4.03. The van der Waals surface area contributed by atoms with Crippen LogP contribution in [0.4, 0.5) is 17.3 Å². The van der Waals surface area contributed by atoms with Gasteiger partial charge in [-0.15, -0.1) is 0 Å². The van der Waals surface area contributed by atoms with Gasteiger partial charge in [0.15, 0.2) is 0 Å². The van der Waals surface area contributed by atoms with Gasteiger partial charge >= 0.3 is 5.69 Å². The molecule has 10 nitrogen and oxygen atoms in total. The number of rotatable bonds is 3. The summed E-state index contributed by atoms with van der Waals surface area (Å²) in [5.74, 6) is 5.08.